The van der Waals surface area contributed by atoms with Crippen LogP contribution >= 0.6 is 0 Å². The third-order valence-electron chi connectivity index (χ3n) is 0.692. The predicted octanol–water partition coefficient (Wildman–Crippen LogP) is -1.77. The van der Waals surface area contributed by atoms with Crippen molar-refractivity contribution in [1.29, 1.82) is 0 Å². The number of nitrogens with two attached hydrogens (primary N) is 1. The molecule has 0 rings (SSSR count). The van der Waals surface area contributed by atoms with E-state index >= 15 is 0 Å². The monoisotopic (exact) mass is 119 g/mol. The summed E-state index contributed by atoms with van der Waals surface area (Å²) >= 11 is 0. The van der Waals surface area contributed by atoms with E-state index in [1.807, 2.05) is 0 Å². The molecule has 0 saturated carbocycles. The lowest BCUT2D eigenvalue weighted by Crippen LogP contribution is -2.89. The zero-order chi connectivity index (χ0) is 6.57. The highest BCUT2D eigenvalue weighted by atomic mass is 16.5. The normalized spacial score (nSPS) is 8.38. The molecule has 0 fully saturated rings. The first-order chi connectivity index (χ1) is 3.72. The second-order valence-electron chi connectivity index (χ2n) is 1.27. The van der Waals surface area contributed by atoms with Gasteiger partial charge in [-0.25, -0.2) is 4.79 Å². The minimum Gasteiger partial charge on any atom is -0.609 e. The van der Waals surface area contributed by atoms with Crippen LogP contribution in [0, 0.1) is 5.21 Å². The number of nitrogens with zero attached hydrogens (tertiary/aromatic N) is 1. The smallest absolute Gasteiger partial charge is 0.361 e. The van der Waals surface area contributed by atoms with Crippen molar-refractivity contribution in [3.63, 3.8) is 0 Å². The molecule has 5 heteroatoms. The Hall–Kier alpha value is -0.810. The molecular weight excluding hydrogens is 110 g/mol. The summed E-state index contributed by atoms with van der Waals surface area (Å²) < 4.78 is 0. The number of hydrogen-bond acceptors (Lipinski definition) is 2. The molecule has 0 unspecified atom stereocenters. The second kappa shape index (κ2) is 3.23. The van der Waals surface area contributed by atoms with Gasteiger partial charge in [-0.3, -0.25) is 5.59 Å². The molecule has 0 radical (unpaired) electrons. The van der Waals surface area contributed by atoms with Crippen molar-refractivity contribution < 1.29 is 10.4 Å². The maximum atomic E-state index is 10.3. The van der Waals surface area contributed by atoms with Gasteiger partial charge < -0.3 is 10.5 Å². The van der Waals surface area contributed by atoms with Crippen LogP contribution in [0.2, 0.25) is 0 Å². The highest BCUT2D eigenvalue weighted by Gasteiger charge is 2.01. The lowest BCUT2D eigenvalue weighted by molar-refractivity contribution is -0.726. The van der Waals surface area contributed by atoms with Crippen LogP contribution in [0.4, 0.5) is 4.79 Å². The summed E-state index contributed by atoms with van der Waals surface area (Å²) in [6, 6.07) is -0.403. The Morgan fingerprint density at radius 1 is 1.88 bits per heavy atom. The number of quaternary nitrogens is 1. The molecule has 3 N–H and O–H groups in total. The topological polar surface area (TPSA) is 72.0 Å². The van der Waals surface area contributed by atoms with Crippen LogP contribution < -0.4 is 10.9 Å². The first kappa shape index (κ1) is 7.19. The first-order valence-corrected chi connectivity index (χ1v) is 2.12. The van der Waals surface area contributed by atoms with Crippen LogP contribution in [-0.2, 0) is 0 Å². The zero-order valence-electron chi connectivity index (χ0n) is 4.84. The molecule has 0 bridgehead atoms. The Kier molecular flexibility index (Phi) is 2.90. The number of rotatable bonds is 1. The van der Waals surface area contributed by atoms with E-state index in [0.717, 1.165) is 5.01 Å². The van der Waals surface area contributed by atoms with Crippen molar-refractivity contribution in [2.75, 3.05) is 14.1 Å². The van der Waals surface area contributed by atoms with Gasteiger partial charge in [0.25, 0.3) is 0 Å². The van der Waals surface area contributed by atoms with Crippen LogP contribution in [0.15, 0.2) is 0 Å². The van der Waals surface area contributed by atoms with E-state index in [4.69, 9.17) is 0 Å². The lowest BCUT2D eigenvalue weighted by Gasteiger charge is -2.13. The van der Waals surface area contributed by atoms with Gasteiger partial charge in [0, 0.05) is 7.05 Å². The molecule has 0 spiro atoms. The molecule has 0 atom stereocenters. The van der Waals surface area contributed by atoms with Crippen molar-refractivity contribution in [2.45, 2.75) is 0 Å². The van der Waals surface area contributed by atoms with Crippen molar-refractivity contribution in [3.05, 3.63) is 5.21 Å². The molecule has 0 aromatic heterocycles. The molecule has 0 aromatic rings. The quantitative estimate of drug-likeness (QED) is 0.244. The fraction of sp³-hybridized carbons (Fsp3) is 0.667. The van der Waals surface area contributed by atoms with Gasteiger partial charge in [-0.05, 0) is 0 Å². The van der Waals surface area contributed by atoms with E-state index in [-0.39, 0.29) is 0 Å². The van der Waals surface area contributed by atoms with E-state index in [9.17, 15) is 10.0 Å². The number of amides is 2. The molecule has 0 aliphatic rings. The molecule has 0 saturated heterocycles. The summed E-state index contributed by atoms with van der Waals surface area (Å²) in [4.78, 5) is 10.3. The number of nitrogens with one attached hydrogen (secondary N) is 1. The van der Waals surface area contributed by atoms with Crippen molar-refractivity contribution >= 4 is 6.03 Å². The van der Waals surface area contributed by atoms with E-state index in [2.05, 4.69) is 5.32 Å². The number of hydrogen-bond donors (Lipinski definition) is 2. The van der Waals surface area contributed by atoms with E-state index < -0.39 is 6.03 Å². The molecule has 8 heavy (non-hydrogen) atoms. The molecule has 0 heterocycles. The minimum atomic E-state index is -0.403. The Morgan fingerprint density at radius 2 is 2.38 bits per heavy atom. The van der Waals surface area contributed by atoms with Gasteiger partial charge in [-0.1, -0.05) is 0 Å². The lowest BCUT2D eigenvalue weighted by atomic mass is 10.9. The third-order valence-corrected chi connectivity index (χ3v) is 0.692. The molecule has 0 aromatic carbocycles. The Balaban J connectivity index is 3.46. The SMILES string of the molecule is CNC(=O)N(C)[NH2+][O-]. The van der Waals surface area contributed by atoms with Gasteiger partial charge in [0.15, 0.2) is 0 Å². The molecule has 48 valence electrons. The average Bonchev–Trinajstić information content (AvgIpc) is 1.84. The predicted molar refractivity (Wildman–Crippen MR) is 27.5 cm³/mol. The van der Waals surface area contributed by atoms with E-state index in [0.29, 0.717) is 5.59 Å². The number of carbonyl (C=O) groups is 1. The molecule has 0 aliphatic carbocycles. The van der Waals surface area contributed by atoms with E-state index in [1.54, 1.807) is 0 Å². The van der Waals surface area contributed by atoms with Crippen LogP contribution in [0.5, 0.6) is 0 Å². The summed E-state index contributed by atoms with van der Waals surface area (Å²) in [5.74, 6) is 0. The molecule has 2 amide bonds. The molecule has 0 aliphatic heterocycles. The van der Waals surface area contributed by atoms with Crippen LogP contribution in [0.3, 0.4) is 0 Å². The van der Waals surface area contributed by atoms with Gasteiger partial charge in [0.1, 0.15) is 0 Å². The van der Waals surface area contributed by atoms with Crippen LogP contribution in [0.25, 0.3) is 0 Å². The highest BCUT2D eigenvalue weighted by Crippen LogP contribution is 1.64. The summed E-state index contributed by atoms with van der Waals surface area (Å²) in [5.41, 5.74) is 0.443. The summed E-state index contributed by atoms with van der Waals surface area (Å²) in [7, 11) is 2.84. The van der Waals surface area contributed by atoms with Gasteiger partial charge in [0.05, 0.1) is 7.05 Å². The second-order valence-corrected chi connectivity index (χ2v) is 1.27. The summed E-state index contributed by atoms with van der Waals surface area (Å²) in [5, 5.41) is 13.0. The highest BCUT2D eigenvalue weighted by molar-refractivity contribution is 5.71. The first-order valence-electron chi connectivity index (χ1n) is 2.12. The maximum absolute atomic E-state index is 10.3. The summed E-state index contributed by atoms with van der Waals surface area (Å²) in [6.45, 7) is 0. The maximum Gasteiger partial charge on any atom is 0.361 e. The number of urea groups is 1. The largest absolute Gasteiger partial charge is 0.609 e. The van der Waals surface area contributed by atoms with Gasteiger partial charge >= 0.3 is 6.03 Å². The van der Waals surface area contributed by atoms with E-state index in [1.165, 1.54) is 14.1 Å². The Bertz CT molecular complexity index is 84.6. The molecule has 5 nitrogen and oxygen atoms in total. The average molecular weight is 119 g/mol. The number of carbonyl (C=O) groups excluding carboxylic acids is 1. The summed E-state index contributed by atoms with van der Waals surface area (Å²) in [6.07, 6.45) is 0. The zero-order valence-corrected chi connectivity index (χ0v) is 4.84. The third kappa shape index (κ3) is 1.76. The minimum absolute atomic E-state index is 0.403. The molecular formula is C3H9N3O2. The Labute approximate surface area is 47.2 Å². The van der Waals surface area contributed by atoms with Gasteiger partial charge in [0.2, 0.25) is 0 Å². The van der Waals surface area contributed by atoms with Crippen LogP contribution in [-0.4, -0.2) is 25.1 Å². The fourth-order valence-electron chi connectivity index (χ4n) is 0.224. The van der Waals surface area contributed by atoms with Crippen molar-refractivity contribution in [3.8, 4) is 0 Å². The Morgan fingerprint density at radius 3 is 2.50 bits per heavy atom. The van der Waals surface area contributed by atoms with Gasteiger partial charge in [-0.2, -0.15) is 5.01 Å². The van der Waals surface area contributed by atoms with Crippen LogP contribution in [0.1, 0.15) is 0 Å². The van der Waals surface area contributed by atoms with Crippen molar-refractivity contribution in [2.24, 2.45) is 0 Å². The van der Waals surface area contributed by atoms with Crippen molar-refractivity contribution in [1.82, 2.24) is 10.3 Å². The van der Waals surface area contributed by atoms with Gasteiger partial charge in [-0.15, -0.1) is 0 Å². The standard InChI is InChI=1S/C3H9N3O2/c1-4-3(7)6(2)5-8/h5H2,1-2H3,(H,4,7). The fourth-order valence-corrected chi connectivity index (χ4v) is 0.224.